The number of anilines is 1. The largest absolute Gasteiger partial charge is 0.440 e. The molecule has 112 valence electrons. The summed E-state index contributed by atoms with van der Waals surface area (Å²) in [5.74, 6) is 2.08. The van der Waals surface area contributed by atoms with E-state index in [1.807, 2.05) is 24.3 Å². The predicted octanol–water partition coefficient (Wildman–Crippen LogP) is 2.80. The molecule has 0 unspecified atom stereocenters. The van der Waals surface area contributed by atoms with E-state index < -0.39 is 0 Å². The molecule has 0 atom stereocenters. The van der Waals surface area contributed by atoms with Crippen LogP contribution in [0.15, 0.2) is 34.9 Å². The lowest BCUT2D eigenvalue weighted by Crippen LogP contribution is -2.24. The fraction of sp³-hybridized carbons (Fsp3) is 0.333. The Labute approximate surface area is 129 Å². The van der Waals surface area contributed by atoms with Crippen LogP contribution in [0.4, 0.5) is 5.69 Å². The van der Waals surface area contributed by atoms with Gasteiger partial charge in [0, 0.05) is 17.2 Å². The monoisotopic (exact) mass is 307 g/mol. The standard InChI is InChI=1S/C15H17N3O2.ClH/c1-16-9-14(19)18-12-6-4-10(5-7-12)13-8-17-15(20-13)11-2-3-11;/h4-8,11,16H,2-3,9H2,1H3,(H,18,19);1H. The molecule has 1 aliphatic carbocycles. The Hall–Kier alpha value is -1.85. The minimum absolute atomic E-state index is 0. The van der Waals surface area contributed by atoms with Crippen LogP contribution in [0.1, 0.15) is 24.7 Å². The minimum atomic E-state index is -0.0593. The van der Waals surface area contributed by atoms with E-state index in [1.54, 1.807) is 13.2 Å². The smallest absolute Gasteiger partial charge is 0.238 e. The number of hydrogen-bond donors (Lipinski definition) is 2. The maximum absolute atomic E-state index is 11.5. The molecule has 0 radical (unpaired) electrons. The normalized spacial score (nSPS) is 13.6. The molecule has 1 fully saturated rings. The molecule has 0 spiro atoms. The van der Waals surface area contributed by atoms with Crippen LogP contribution in [0, 0.1) is 0 Å². The van der Waals surface area contributed by atoms with Crippen molar-refractivity contribution in [3.63, 3.8) is 0 Å². The second-order valence-electron chi connectivity index (χ2n) is 4.99. The van der Waals surface area contributed by atoms with E-state index in [4.69, 9.17) is 4.42 Å². The summed E-state index contributed by atoms with van der Waals surface area (Å²) in [6.45, 7) is 0.300. The Bertz CT molecular complexity index is 606. The average Bonchev–Trinajstić information content (AvgIpc) is 3.18. The van der Waals surface area contributed by atoms with E-state index in [0.717, 1.165) is 22.9 Å². The summed E-state index contributed by atoms with van der Waals surface area (Å²) in [7, 11) is 1.74. The number of nitrogens with one attached hydrogen (secondary N) is 2. The Morgan fingerprint density at radius 1 is 1.33 bits per heavy atom. The highest BCUT2D eigenvalue weighted by Gasteiger charge is 2.28. The third-order valence-electron chi connectivity index (χ3n) is 3.24. The van der Waals surface area contributed by atoms with E-state index in [2.05, 4.69) is 15.6 Å². The van der Waals surface area contributed by atoms with Crippen molar-refractivity contribution in [3.8, 4) is 11.3 Å². The fourth-order valence-corrected chi connectivity index (χ4v) is 2.02. The molecule has 1 aromatic carbocycles. The van der Waals surface area contributed by atoms with E-state index >= 15 is 0 Å². The van der Waals surface area contributed by atoms with Gasteiger partial charge in [-0.25, -0.2) is 4.98 Å². The highest BCUT2D eigenvalue weighted by molar-refractivity contribution is 5.92. The van der Waals surface area contributed by atoms with Gasteiger partial charge in [0.1, 0.15) is 0 Å². The number of rotatable bonds is 5. The number of amides is 1. The summed E-state index contributed by atoms with van der Waals surface area (Å²) >= 11 is 0. The van der Waals surface area contributed by atoms with Gasteiger partial charge in [-0.05, 0) is 44.2 Å². The van der Waals surface area contributed by atoms with Crippen LogP contribution >= 0.6 is 12.4 Å². The van der Waals surface area contributed by atoms with Crippen LogP contribution in [0.2, 0.25) is 0 Å². The molecular formula is C15H18ClN3O2. The minimum Gasteiger partial charge on any atom is -0.440 e. The molecule has 21 heavy (non-hydrogen) atoms. The Balaban J connectivity index is 0.00000161. The molecule has 0 aliphatic heterocycles. The molecular weight excluding hydrogens is 290 g/mol. The zero-order valence-electron chi connectivity index (χ0n) is 11.8. The topological polar surface area (TPSA) is 67.2 Å². The average molecular weight is 308 g/mol. The van der Waals surface area contributed by atoms with Crippen molar-refractivity contribution in [2.45, 2.75) is 18.8 Å². The van der Waals surface area contributed by atoms with E-state index in [9.17, 15) is 4.79 Å². The lowest BCUT2D eigenvalue weighted by atomic mass is 10.2. The number of carbonyl (C=O) groups is 1. The zero-order valence-corrected chi connectivity index (χ0v) is 12.6. The summed E-state index contributed by atoms with van der Waals surface area (Å²) in [6.07, 6.45) is 4.12. The lowest BCUT2D eigenvalue weighted by molar-refractivity contribution is -0.115. The number of likely N-dealkylation sites (N-methyl/N-ethyl adjacent to an activating group) is 1. The first-order valence-electron chi connectivity index (χ1n) is 6.77. The molecule has 2 N–H and O–H groups in total. The maximum atomic E-state index is 11.5. The molecule has 3 rings (SSSR count). The van der Waals surface area contributed by atoms with Gasteiger partial charge in [0.25, 0.3) is 0 Å². The van der Waals surface area contributed by atoms with Gasteiger partial charge in [-0.3, -0.25) is 4.79 Å². The first-order valence-corrected chi connectivity index (χ1v) is 6.77. The van der Waals surface area contributed by atoms with Gasteiger partial charge >= 0.3 is 0 Å². The maximum Gasteiger partial charge on any atom is 0.238 e. The third kappa shape index (κ3) is 3.83. The molecule has 1 aromatic heterocycles. The lowest BCUT2D eigenvalue weighted by Gasteiger charge is -2.05. The summed E-state index contributed by atoms with van der Waals surface area (Å²) in [5.41, 5.74) is 1.74. The van der Waals surface area contributed by atoms with Gasteiger partial charge < -0.3 is 15.1 Å². The zero-order chi connectivity index (χ0) is 13.9. The molecule has 5 nitrogen and oxygen atoms in total. The highest BCUT2D eigenvalue weighted by Crippen LogP contribution is 2.40. The molecule has 6 heteroatoms. The molecule has 1 aliphatic rings. The van der Waals surface area contributed by atoms with Crippen LogP contribution in [0.25, 0.3) is 11.3 Å². The number of carbonyl (C=O) groups excluding carboxylic acids is 1. The van der Waals surface area contributed by atoms with E-state index in [-0.39, 0.29) is 18.3 Å². The molecule has 1 saturated carbocycles. The van der Waals surface area contributed by atoms with E-state index in [1.165, 1.54) is 12.8 Å². The Morgan fingerprint density at radius 2 is 2.05 bits per heavy atom. The van der Waals surface area contributed by atoms with Crippen molar-refractivity contribution >= 4 is 24.0 Å². The second-order valence-corrected chi connectivity index (χ2v) is 4.99. The number of aromatic nitrogens is 1. The van der Waals surface area contributed by atoms with Gasteiger partial charge in [0.2, 0.25) is 5.91 Å². The van der Waals surface area contributed by atoms with Gasteiger partial charge in [-0.15, -0.1) is 12.4 Å². The van der Waals surface area contributed by atoms with E-state index in [0.29, 0.717) is 12.5 Å². The van der Waals surface area contributed by atoms with Crippen LogP contribution < -0.4 is 10.6 Å². The SMILES string of the molecule is CNCC(=O)Nc1ccc(-c2cnc(C3CC3)o2)cc1.Cl. The number of hydrogen-bond acceptors (Lipinski definition) is 4. The molecule has 0 saturated heterocycles. The fourth-order valence-electron chi connectivity index (χ4n) is 2.02. The summed E-state index contributed by atoms with van der Waals surface area (Å²) in [5, 5.41) is 5.62. The van der Waals surface area contributed by atoms with Gasteiger partial charge in [-0.2, -0.15) is 0 Å². The molecule has 0 bridgehead atoms. The highest BCUT2D eigenvalue weighted by atomic mass is 35.5. The van der Waals surface area contributed by atoms with Crippen LogP contribution in [-0.4, -0.2) is 24.5 Å². The molecule has 1 heterocycles. The van der Waals surface area contributed by atoms with Gasteiger partial charge in [-0.1, -0.05) is 0 Å². The quantitative estimate of drug-likeness (QED) is 0.891. The van der Waals surface area contributed by atoms with Gasteiger partial charge in [0.05, 0.1) is 12.7 Å². The van der Waals surface area contributed by atoms with Crippen LogP contribution in [0.3, 0.4) is 0 Å². The third-order valence-corrected chi connectivity index (χ3v) is 3.24. The first-order chi connectivity index (χ1) is 9.76. The second kappa shape index (κ2) is 6.74. The number of oxazole rings is 1. The first kappa shape index (κ1) is 15.5. The van der Waals surface area contributed by atoms with Gasteiger partial charge in [0.15, 0.2) is 11.7 Å². The number of benzene rings is 1. The summed E-state index contributed by atoms with van der Waals surface area (Å²) in [4.78, 5) is 15.8. The molecule has 2 aromatic rings. The van der Waals surface area contributed by atoms with Crippen molar-refractivity contribution in [1.82, 2.24) is 10.3 Å². The Morgan fingerprint density at radius 3 is 2.67 bits per heavy atom. The molecule has 1 amide bonds. The van der Waals surface area contributed by atoms with Crippen LogP contribution in [0.5, 0.6) is 0 Å². The predicted molar refractivity (Wildman–Crippen MR) is 83.7 cm³/mol. The van der Waals surface area contributed by atoms with Crippen molar-refractivity contribution in [2.24, 2.45) is 0 Å². The number of nitrogens with zero attached hydrogens (tertiary/aromatic N) is 1. The number of halogens is 1. The summed E-state index contributed by atoms with van der Waals surface area (Å²) in [6, 6.07) is 7.57. The van der Waals surface area contributed by atoms with Crippen molar-refractivity contribution in [3.05, 3.63) is 36.4 Å². The van der Waals surface area contributed by atoms with Crippen molar-refractivity contribution in [2.75, 3.05) is 18.9 Å². The van der Waals surface area contributed by atoms with Crippen molar-refractivity contribution in [1.29, 1.82) is 0 Å². The Kier molecular flexibility index (Phi) is 4.98. The van der Waals surface area contributed by atoms with Crippen LogP contribution in [-0.2, 0) is 4.79 Å². The summed E-state index contributed by atoms with van der Waals surface area (Å²) < 4.78 is 5.74. The van der Waals surface area contributed by atoms with Crippen molar-refractivity contribution < 1.29 is 9.21 Å².